The second kappa shape index (κ2) is 7.71. The van der Waals surface area contributed by atoms with Crippen LogP contribution in [0.15, 0.2) is 24.3 Å². The molecule has 0 saturated heterocycles. The zero-order chi connectivity index (χ0) is 13.4. The van der Waals surface area contributed by atoms with Gasteiger partial charge in [-0.25, -0.2) is 5.43 Å². The van der Waals surface area contributed by atoms with Gasteiger partial charge >= 0.3 is 0 Å². The van der Waals surface area contributed by atoms with Gasteiger partial charge in [-0.15, -0.1) is 0 Å². The van der Waals surface area contributed by atoms with Crippen molar-refractivity contribution in [3.8, 4) is 5.75 Å². The van der Waals surface area contributed by atoms with E-state index in [1.165, 1.54) is 5.56 Å². The fourth-order valence-electron chi connectivity index (χ4n) is 1.57. The lowest BCUT2D eigenvalue weighted by molar-refractivity contribution is -0.122. The van der Waals surface area contributed by atoms with Crippen molar-refractivity contribution in [2.75, 3.05) is 13.7 Å². The summed E-state index contributed by atoms with van der Waals surface area (Å²) < 4.78 is 5.57. The van der Waals surface area contributed by atoms with Crippen molar-refractivity contribution in [3.63, 3.8) is 0 Å². The van der Waals surface area contributed by atoms with Gasteiger partial charge in [-0.3, -0.25) is 10.2 Å². The Bertz CT molecular complexity index is 361. The number of benzene rings is 1. The van der Waals surface area contributed by atoms with Gasteiger partial charge in [0.05, 0.1) is 6.61 Å². The van der Waals surface area contributed by atoms with E-state index in [2.05, 4.69) is 36.8 Å². The van der Waals surface area contributed by atoms with Gasteiger partial charge in [-0.05, 0) is 30.0 Å². The molecule has 0 aliphatic carbocycles. The van der Waals surface area contributed by atoms with Crippen molar-refractivity contribution >= 4 is 5.91 Å². The predicted molar refractivity (Wildman–Crippen MR) is 72.5 cm³/mol. The summed E-state index contributed by atoms with van der Waals surface area (Å²) in [6.45, 7) is 4.88. The highest BCUT2D eigenvalue weighted by molar-refractivity contribution is 5.75. The summed E-state index contributed by atoms with van der Waals surface area (Å²) in [5, 5.41) is 0. The number of hydrogen-bond acceptors (Lipinski definition) is 3. The number of carbonyl (C=O) groups excluding carboxylic acids is 1. The second-order valence-corrected chi connectivity index (χ2v) is 4.47. The van der Waals surface area contributed by atoms with Crippen LogP contribution in [0.4, 0.5) is 0 Å². The quantitative estimate of drug-likeness (QED) is 0.576. The van der Waals surface area contributed by atoms with Crippen LogP contribution in [-0.2, 0) is 4.79 Å². The van der Waals surface area contributed by atoms with Gasteiger partial charge in [-0.1, -0.05) is 26.0 Å². The standard InChI is InChI=1S/C14H22N2O2/c1-11(2)12-6-8-13(9-7-12)18-10-4-5-14(17)16-15-3/h6-9,11,15H,4-5,10H2,1-3H3,(H,16,17). The molecule has 0 aliphatic heterocycles. The van der Waals surface area contributed by atoms with Crippen molar-refractivity contribution in [2.24, 2.45) is 0 Å². The number of rotatable bonds is 7. The second-order valence-electron chi connectivity index (χ2n) is 4.47. The first-order valence-corrected chi connectivity index (χ1v) is 6.32. The highest BCUT2D eigenvalue weighted by Crippen LogP contribution is 2.18. The third kappa shape index (κ3) is 5.19. The van der Waals surface area contributed by atoms with E-state index < -0.39 is 0 Å². The number of hydrazine groups is 1. The average molecular weight is 250 g/mol. The summed E-state index contributed by atoms with van der Waals surface area (Å²) in [6.07, 6.45) is 1.17. The molecule has 100 valence electrons. The van der Waals surface area contributed by atoms with E-state index >= 15 is 0 Å². The zero-order valence-corrected chi connectivity index (χ0v) is 11.3. The molecule has 1 aromatic carbocycles. The van der Waals surface area contributed by atoms with E-state index in [1.807, 2.05) is 12.1 Å². The minimum absolute atomic E-state index is 0.0174. The first-order valence-electron chi connectivity index (χ1n) is 6.32. The third-order valence-corrected chi connectivity index (χ3v) is 2.63. The minimum Gasteiger partial charge on any atom is -0.494 e. The monoisotopic (exact) mass is 250 g/mol. The van der Waals surface area contributed by atoms with Crippen LogP contribution in [0, 0.1) is 0 Å². The molecule has 4 nitrogen and oxygen atoms in total. The van der Waals surface area contributed by atoms with E-state index in [-0.39, 0.29) is 5.91 Å². The topological polar surface area (TPSA) is 50.4 Å². The van der Waals surface area contributed by atoms with Crippen molar-refractivity contribution in [1.29, 1.82) is 0 Å². The lowest BCUT2D eigenvalue weighted by atomic mass is 10.0. The van der Waals surface area contributed by atoms with Crippen LogP contribution in [0.25, 0.3) is 0 Å². The van der Waals surface area contributed by atoms with Gasteiger partial charge in [0, 0.05) is 13.5 Å². The normalized spacial score (nSPS) is 10.4. The molecule has 1 amide bonds. The Hall–Kier alpha value is -1.55. The Kier molecular flexibility index (Phi) is 6.22. The molecule has 0 atom stereocenters. The summed E-state index contributed by atoms with van der Waals surface area (Å²) >= 11 is 0. The fraction of sp³-hybridized carbons (Fsp3) is 0.500. The largest absolute Gasteiger partial charge is 0.494 e. The Morgan fingerprint density at radius 1 is 1.28 bits per heavy atom. The Labute approximate surface area is 109 Å². The SMILES string of the molecule is CNNC(=O)CCCOc1ccc(C(C)C)cc1. The fourth-order valence-corrected chi connectivity index (χ4v) is 1.57. The average Bonchev–Trinajstić information content (AvgIpc) is 2.35. The molecule has 0 fully saturated rings. The van der Waals surface area contributed by atoms with E-state index in [0.717, 1.165) is 5.75 Å². The van der Waals surface area contributed by atoms with Crippen molar-refractivity contribution in [1.82, 2.24) is 10.9 Å². The lowest BCUT2D eigenvalue weighted by Gasteiger charge is -2.09. The molecule has 0 saturated carbocycles. The molecule has 0 heterocycles. The summed E-state index contributed by atoms with van der Waals surface area (Å²) in [5.41, 5.74) is 6.42. The maximum absolute atomic E-state index is 11.1. The van der Waals surface area contributed by atoms with Crippen LogP contribution in [0.5, 0.6) is 5.75 Å². The highest BCUT2D eigenvalue weighted by Gasteiger charge is 2.01. The van der Waals surface area contributed by atoms with Gasteiger partial charge in [0.1, 0.15) is 5.75 Å². The number of hydrogen-bond donors (Lipinski definition) is 2. The summed E-state index contributed by atoms with van der Waals surface area (Å²) in [6, 6.07) is 8.10. The molecule has 0 aliphatic rings. The first kappa shape index (κ1) is 14.5. The van der Waals surface area contributed by atoms with Crippen molar-refractivity contribution in [2.45, 2.75) is 32.6 Å². The Balaban J connectivity index is 2.25. The highest BCUT2D eigenvalue weighted by atomic mass is 16.5. The van der Waals surface area contributed by atoms with Crippen molar-refractivity contribution < 1.29 is 9.53 Å². The van der Waals surface area contributed by atoms with Crippen molar-refractivity contribution in [3.05, 3.63) is 29.8 Å². The van der Waals surface area contributed by atoms with Crippen LogP contribution >= 0.6 is 0 Å². The molecule has 0 bridgehead atoms. The van der Waals surface area contributed by atoms with Gasteiger partial charge in [0.25, 0.3) is 0 Å². The van der Waals surface area contributed by atoms with Crippen LogP contribution in [0.2, 0.25) is 0 Å². The van der Waals surface area contributed by atoms with E-state index in [9.17, 15) is 4.79 Å². The van der Waals surface area contributed by atoms with Gasteiger partial charge in [0.2, 0.25) is 5.91 Å². The van der Waals surface area contributed by atoms with E-state index in [0.29, 0.717) is 25.4 Å². The Morgan fingerprint density at radius 2 is 1.94 bits per heavy atom. The van der Waals surface area contributed by atoms with E-state index in [4.69, 9.17) is 4.74 Å². The maximum Gasteiger partial charge on any atom is 0.234 e. The third-order valence-electron chi connectivity index (χ3n) is 2.63. The molecule has 0 spiro atoms. The van der Waals surface area contributed by atoms with Gasteiger partial charge in [-0.2, -0.15) is 0 Å². The van der Waals surface area contributed by atoms with Crippen LogP contribution in [0.1, 0.15) is 38.2 Å². The van der Waals surface area contributed by atoms with Gasteiger partial charge in [0.15, 0.2) is 0 Å². The lowest BCUT2D eigenvalue weighted by Crippen LogP contribution is -2.34. The predicted octanol–water partition coefficient (Wildman–Crippen LogP) is 2.22. The van der Waals surface area contributed by atoms with Crippen LogP contribution in [-0.4, -0.2) is 19.6 Å². The molecular weight excluding hydrogens is 228 g/mol. The zero-order valence-electron chi connectivity index (χ0n) is 11.3. The molecule has 1 aromatic rings. The molecule has 0 aromatic heterocycles. The molecule has 4 heteroatoms. The molecular formula is C14H22N2O2. The summed E-state index contributed by atoms with van der Waals surface area (Å²) in [5.74, 6) is 1.37. The van der Waals surface area contributed by atoms with Crippen LogP contribution < -0.4 is 15.6 Å². The molecule has 0 radical (unpaired) electrons. The number of nitrogens with one attached hydrogen (secondary N) is 2. The molecule has 18 heavy (non-hydrogen) atoms. The maximum atomic E-state index is 11.1. The first-order chi connectivity index (χ1) is 8.63. The van der Waals surface area contributed by atoms with E-state index in [1.54, 1.807) is 7.05 Å². The van der Waals surface area contributed by atoms with Gasteiger partial charge < -0.3 is 4.74 Å². The number of amides is 1. The Morgan fingerprint density at radius 3 is 2.50 bits per heavy atom. The summed E-state index contributed by atoms with van der Waals surface area (Å²) in [7, 11) is 1.67. The molecule has 1 rings (SSSR count). The molecule has 2 N–H and O–H groups in total. The number of ether oxygens (including phenoxy) is 1. The molecule has 0 unspecified atom stereocenters. The van der Waals surface area contributed by atoms with Crippen LogP contribution in [0.3, 0.4) is 0 Å². The minimum atomic E-state index is -0.0174. The summed E-state index contributed by atoms with van der Waals surface area (Å²) in [4.78, 5) is 11.1. The number of carbonyl (C=O) groups is 1. The smallest absolute Gasteiger partial charge is 0.234 e.